The fraction of sp³-hybridized carbons (Fsp3) is 0.476. The Morgan fingerprint density at radius 2 is 1.88 bits per heavy atom. The van der Waals surface area contributed by atoms with E-state index < -0.39 is 52.8 Å². The van der Waals surface area contributed by atoms with Gasteiger partial charge in [0.2, 0.25) is 5.91 Å². The van der Waals surface area contributed by atoms with Gasteiger partial charge in [0.25, 0.3) is 5.91 Å². The van der Waals surface area contributed by atoms with Gasteiger partial charge < -0.3 is 39.8 Å². The number of thiazole rings is 1. The lowest BCUT2D eigenvalue weighted by atomic mass is 9.99. The molecule has 4 N–H and O–H groups in total. The molecule has 0 saturated carbocycles. The van der Waals surface area contributed by atoms with Crippen molar-refractivity contribution in [2.75, 3.05) is 26.3 Å². The normalized spacial score (nSPS) is 17.9. The molecule has 1 unspecified atom stereocenters. The summed E-state index contributed by atoms with van der Waals surface area (Å²) >= 11 is 1.26. The van der Waals surface area contributed by atoms with Crippen LogP contribution in [0.5, 0.6) is 0 Å². The van der Waals surface area contributed by atoms with Crippen molar-refractivity contribution >= 4 is 46.9 Å². The number of amides is 3. The van der Waals surface area contributed by atoms with E-state index in [0.717, 1.165) is 11.1 Å². The van der Waals surface area contributed by atoms with Crippen LogP contribution in [-0.4, -0.2) is 94.1 Å². The number of cyclic esters (lactones) is 1. The molecule has 59 heavy (non-hydrogen) atoms. The predicted octanol–water partition coefficient (Wildman–Crippen LogP) is 5.28. The van der Waals surface area contributed by atoms with Crippen LogP contribution in [-0.2, 0) is 46.4 Å². The minimum absolute atomic E-state index is 0.0192. The quantitative estimate of drug-likeness (QED) is 0.152. The first-order chi connectivity index (χ1) is 28.1. The van der Waals surface area contributed by atoms with Crippen molar-refractivity contribution in [3.05, 3.63) is 82.9 Å². The number of fused-ring (bicyclic) bond motifs is 5. The Balaban J connectivity index is 1.44. The number of rotatable bonds is 10. The summed E-state index contributed by atoms with van der Waals surface area (Å²) < 4.78 is 22.3. The number of hydrogen-bond acceptors (Lipinski definition) is 14. The van der Waals surface area contributed by atoms with E-state index in [0.29, 0.717) is 49.6 Å². The van der Waals surface area contributed by atoms with Crippen LogP contribution in [0.25, 0.3) is 10.6 Å². The molecule has 1 saturated heterocycles. The number of esters is 2. The molecule has 4 heterocycles. The number of aromatic nitrogens is 2. The van der Waals surface area contributed by atoms with E-state index in [-0.39, 0.29) is 50.0 Å². The highest BCUT2D eigenvalue weighted by Gasteiger charge is 2.39. The lowest BCUT2D eigenvalue weighted by molar-refractivity contribution is -0.178. The lowest BCUT2D eigenvalue weighted by Crippen LogP contribution is -2.55. The molecule has 1 aromatic carbocycles. The van der Waals surface area contributed by atoms with Crippen LogP contribution >= 0.6 is 11.3 Å². The summed E-state index contributed by atoms with van der Waals surface area (Å²) in [6, 6.07) is 12.8. The summed E-state index contributed by atoms with van der Waals surface area (Å²) in [6.45, 7) is 9.16. The maximum atomic E-state index is 14.7. The van der Waals surface area contributed by atoms with E-state index in [9.17, 15) is 24.0 Å². The van der Waals surface area contributed by atoms with Gasteiger partial charge in [-0.3, -0.25) is 24.8 Å². The number of carbonyl (C=O) groups is 5. The molecule has 3 amide bonds. The molecule has 1 atom stereocenters. The molecular formula is C42H53N7O9S. The van der Waals surface area contributed by atoms with E-state index in [1.54, 1.807) is 38.4 Å². The van der Waals surface area contributed by atoms with Crippen LogP contribution in [0, 0.1) is 11.3 Å². The minimum atomic E-state index is -1.67. The van der Waals surface area contributed by atoms with Crippen LogP contribution in [0.3, 0.4) is 0 Å². The number of pyridine rings is 1. The molecule has 4 bridgehead atoms. The summed E-state index contributed by atoms with van der Waals surface area (Å²) in [7, 11) is 0. The third kappa shape index (κ3) is 13.4. The average Bonchev–Trinajstić information content (AvgIpc) is 3.70. The first kappa shape index (κ1) is 44.4. The Morgan fingerprint density at radius 1 is 1.14 bits per heavy atom. The fourth-order valence-corrected chi connectivity index (χ4v) is 7.14. The Labute approximate surface area is 347 Å². The van der Waals surface area contributed by atoms with Crippen molar-refractivity contribution in [1.29, 1.82) is 5.41 Å². The second-order valence-corrected chi connectivity index (χ2v) is 16.6. The van der Waals surface area contributed by atoms with Gasteiger partial charge in [0.15, 0.2) is 11.4 Å². The summed E-state index contributed by atoms with van der Waals surface area (Å²) in [5.41, 5.74) is -0.964. The van der Waals surface area contributed by atoms with E-state index in [1.807, 2.05) is 36.4 Å². The first-order valence-corrected chi connectivity index (χ1v) is 20.5. The fourth-order valence-electron chi connectivity index (χ4n) is 6.34. The Morgan fingerprint density at radius 3 is 2.61 bits per heavy atom. The highest BCUT2D eigenvalue weighted by molar-refractivity contribution is 7.13. The van der Waals surface area contributed by atoms with Crippen molar-refractivity contribution in [2.45, 2.75) is 97.1 Å². The number of carbonyl (C=O) groups excluding carboxylic acids is 5. The maximum absolute atomic E-state index is 14.7. The second-order valence-electron chi connectivity index (χ2n) is 15.7. The maximum Gasteiger partial charge on any atom is 0.407 e. The van der Waals surface area contributed by atoms with Crippen LogP contribution < -0.4 is 16.0 Å². The van der Waals surface area contributed by atoms with Crippen LogP contribution in [0.2, 0.25) is 0 Å². The number of benzene rings is 1. The topological polar surface area (TPSA) is 211 Å². The average molecular weight is 832 g/mol. The summed E-state index contributed by atoms with van der Waals surface area (Å²) in [5.74, 6) is -3.81. The molecule has 1 fully saturated rings. The molecule has 2 aliphatic heterocycles. The van der Waals surface area contributed by atoms with Crippen molar-refractivity contribution in [2.24, 2.45) is 5.92 Å². The van der Waals surface area contributed by atoms with Gasteiger partial charge >= 0.3 is 18.0 Å². The van der Waals surface area contributed by atoms with Gasteiger partial charge in [0, 0.05) is 67.8 Å². The molecule has 0 radical (unpaired) electrons. The summed E-state index contributed by atoms with van der Waals surface area (Å²) in [6.07, 6.45) is 4.26. The molecular weight excluding hydrogens is 779 g/mol. The van der Waals surface area contributed by atoms with E-state index in [1.165, 1.54) is 36.3 Å². The van der Waals surface area contributed by atoms with Crippen molar-refractivity contribution in [1.82, 2.24) is 30.8 Å². The predicted molar refractivity (Wildman–Crippen MR) is 219 cm³/mol. The molecule has 0 spiro atoms. The van der Waals surface area contributed by atoms with Gasteiger partial charge in [0.1, 0.15) is 22.9 Å². The standard InChI is InChI=1S/C42H53N7O9S/c1-41(2,3)58-40(54)46-23-29(13-14-34(50)56-25-27-10-7-6-8-11-27)38(52)49-19-9-12-31-22-28(15-18-44-31)37-48-33(26-59-37)36(51)47-32(24-45-30-16-20-55-21-17-30)35(43)39(53)57-42(49,4)5/h6-8,10-11,15,18,22,24,26,29-30,43,45H,9,12-14,16-17,19-21,23,25H2,1-5H3,(H,46,54)(H,47,51)/b32-24+,43-35?. The van der Waals surface area contributed by atoms with Crippen molar-refractivity contribution in [3.63, 3.8) is 0 Å². The Bertz CT molecular complexity index is 2010. The van der Waals surface area contributed by atoms with Crippen molar-refractivity contribution < 1.29 is 42.9 Å². The molecule has 16 nitrogen and oxygen atoms in total. The number of aryl methyl sites for hydroxylation is 1. The SMILES string of the molecule is CC(C)(C)OC(=O)NCC(CCC(=O)OCc1ccccc1)C(=O)N1CCCc2cc(ccn2)-c2nc(cs2)C(=O)N/C(=C/NC2CCOCC2)C(=N)C(=O)OC1(C)C. The number of hydrogen-bond donors (Lipinski definition) is 4. The van der Waals surface area contributed by atoms with Gasteiger partial charge in [-0.15, -0.1) is 11.3 Å². The van der Waals surface area contributed by atoms with E-state index in [2.05, 4.69) is 25.9 Å². The van der Waals surface area contributed by atoms with Gasteiger partial charge in [0.05, 0.1) is 11.6 Å². The Kier molecular flexibility index (Phi) is 15.3. The van der Waals surface area contributed by atoms with E-state index in [4.69, 9.17) is 24.4 Å². The van der Waals surface area contributed by atoms with Crippen LogP contribution in [0.15, 0.2) is 65.9 Å². The largest absolute Gasteiger partial charge is 0.461 e. The zero-order valence-electron chi connectivity index (χ0n) is 34.1. The smallest absolute Gasteiger partial charge is 0.407 e. The first-order valence-electron chi connectivity index (χ1n) is 19.6. The Hall–Kier alpha value is -5.68. The molecule has 2 aliphatic rings. The highest BCUT2D eigenvalue weighted by atomic mass is 32.1. The van der Waals surface area contributed by atoms with Gasteiger partial charge in [-0.2, -0.15) is 0 Å². The minimum Gasteiger partial charge on any atom is -0.461 e. The van der Waals surface area contributed by atoms with Gasteiger partial charge in [-0.1, -0.05) is 30.3 Å². The molecule has 2 aromatic heterocycles. The van der Waals surface area contributed by atoms with Crippen LogP contribution in [0.4, 0.5) is 4.79 Å². The molecule has 0 aliphatic carbocycles. The van der Waals surface area contributed by atoms with Gasteiger partial charge in [-0.25, -0.2) is 14.6 Å². The van der Waals surface area contributed by atoms with Crippen LogP contribution in [0.1, 0.15) is 88.5 Å². The third-order valence-corrected chi connectivity index (χ3v) is 10.4. The third-order valence-electron chi connectivity index (χ3n) is 9.46. The zero-order valence-corrected chi connectivity index (χ0v) is 34.9. The monoisotopic (exact) mass is 831 g/mol. The number of ether oxygens (including phenoxy) is 4. The number of nitrogens with zero attached hydrogens (tertiary/aromatic N) is 3. The second kappa shape index (κ2) is 20.3. The number of alkyl carbamates (subject to hydrolysis) is 1. The zero-order chi connectivity index (χ0) is 42.6. The van der Waals surface area contributed by atoms with Crippen molar-refractivity contribution in [3.8, 4) is 10.6 Å². The molecule has 316 valence electrons. The number of nitrogens with one attached hydrogen (secondary N) is 4. The van der Waals surface area contributed by atoms with Gasteiger partial charge in [-0.05, 0) is 84.4 Å². The molecule has 3 aromatic rings. The lowest BCUT2D eigenvalue weighted by Gasteiger charge is -2.40. The molecule has 5 rings (SSSR count). The highest BCUT2D eigenvalue weighted by Crippen LogP contribution is 2.27. The summed E-state index contributed by atoms with van der Waals surface area (Å²) in [4.78, 5) is 78.3. The summed E-state index contributed by atoms with van der Waals surface area (Å²) in [5, 5.41) is 19.6. The van der Waals surface area contributed by atoms with E-state index >= 15 is 0 Å². The molecule has 17 heteroatoms.